The monoisotopic (exact) mass is 490 g/mol. The van der Waals surface area contributed by atoms with Gasteiger partial charge >= 0.3 is 0 Å². The lowest BCUT2D eigenvalue weighted by Gasteiger charge is -2.12. The number of nitrogens with zero attached hydrogens (tertiary/aromatic N) is 3. The fourth-order valence-electron chi connectivity index (χ4n) is 3.22. The minimum atomic E-state index is -0.793. The van der Waals surface area contributed by atoms with Gasteiger partial charge in [0.25, 0.3) is 17.5 Å². The molecule has 2 heterocycles. The van der Waals surface area contributed by atoms with Crippen molar-refractivity contribution in [3.8, 4) is 11.3 Å². The molecule has 0 fully saturated rings. The number of hydrogen-bond acceptors (Lipinski definition) is 7. The molecule has 0 radical (unpaired) electrons. The van der Waals surface area contributed by atoms with Gasteiger partial charge in [-0.3, -0.25) is 29.4 Å². The zero-order valence-electron chi connectivity index (χ0n) is 16.0. The van der Waals surface area contributed by atoms with Crippen LogP contribution in [0.15, 0.2) is 41.8 Å². The Morgan fingerprint density at radius 2 is 1.94 bits per heavy atom. The van der Waals surface area contributed by atoms with E-state index >= 15 is 0 Å². The van der Waals surface area contributed by atoms with Gasteiger partial charge in [-0.05, 0) is 24.3 Å². The van der Waals surface area contributed by atoms with Gasteiger partial charge in [-0.1, -0.05) is 29.3 Å². The van der Waals surface area contributed by atoms with Crippen LogP contribution in [0.5, 0.6) is 0 Å². The lowest BCUT2D eigenvalue weighted by molar-refractivity contribution is -0.385. The average Bonchev–Trinajstić information content (AvgIpc) is 3.29. The highest BCUT2D eigenvalue weighted by molar-refractivity contribution is 7.14. The maximum absolute atomic E-state index is 12.6. The third-order valence-corrected chi connectivity index (χ3v) is 6.00. The summed E-state index contributed by atoms with van der Waals surface area (Å²) in [4.78, 5) is 53.0. The van der Waals surface area contributed by atoms with Crippen LogP contribution >= 0.6 is 34.5 Å². The summed E-state index contributed by atoms with van der Waals surface area (Å²) >= 11 is 13.3. The van der Waals surface area contributed by atoms with Crippen LogP contribution in [0.3, 0.4) is 0 Å². The summed E-state index contributed by atoms with van der Waals surface area (Å²) in [5.41, 5.74) is 0.463. The van der Waals surface area contributed by atoms with E-state index in [4.69, 9.17) is 23.2 Å². The summed E-state index contributed by atoms with van der Waals surface area (Å²) in [7, 11) is 0. The van der Waals surface area contributed by atoms with E-state index in [1.165, 1.54) is 23.5 Å². The lowest BCUT2D eigenvalue weighted by Crippen LogP contribution is -2.33. The van der Waals surface area contributed by atoms with E-state index in [0.717, 1.165) is 11.0 Å². The van der Waals surface area contributed by atoms with Crippen molar-refractivity contribution in [1.29, 1.82) is 0 Å². The first-order chi connectivity index (χ1) is 15.3. The van der Waals surface area contributed by atoms with Crippen molar-refractivity contribution >= 4 is 63.1 Å². The topological polar surface area (TPSA) is 123 Å². The Hall–Kier alpha value is -3.34. The summed E-state index contributed by atoms with van der Waals surface area (Å²) in [5, 5.41) is 16.7. The Balaban J connectivity index is 1.41. The van der Waals surface area contributed by atoms with E-state index in [-0.39, 0.29) is 24.1 Å². The number of benzene rings is 2. The second-order valence-electron chi connectivity index (χ2n) is 6.68. The molecule has 0 bridgehead atoms. The van der Waals surface area contributed by atoms with Crippen molar-refractivity contribution in [2.75, 3.05) is 11.9 Å². The molecule has 162 valence electrons. The Bertz CT molecular complexity index is 1290. The number of carbonyl (C=O) groups excluding carboxylic acids is 3. The smallest absolute Gasteiger partial charge is 0.282 e. The van der Waals surface area contributed by atoms with E-state index in [1.54, 1.807) is 23.6 Å². The fourth-order valence-corrected chi connectivity index (χ4v) is 4.45. The number of hydrogen-bond donors (Lipinski definition) is 1. The van der Waals surface area contributed by atoms with Gasteiger partial charge in [0.1, 0.15) is 5.56 Å². The van der Waals surface area contributed by atoms with Gasteiger partial charge in [-0.25, -0.2) is 4.98 Å². The zero-order valence-corrected chi connectivity index (χ0v) is 18.3. The first kappa shape index (κ1) is 21.9. The highest BCUT2D eigenvalue weighted by Gasteiger charge is 2.40. The normalized spacial score (nSPS) is 12.8. The number of rotatable bonds is 6. The van der Waals surface area contributed by atoms with Crippen molar-refractivity contribution in [1.82, 2.24) is 9.88 Å². The summed E-state index contributed by atoms with van der Waals surface area (Å²) in [6.07, 6.45) is -0.199. The van der Waals surface area contributed by atoms with Gasteiger partial charge < -0.3 is 5.32 Å². The fraction of sp³-hybridized carbons (Fsp3) is 0.100. The Morgan fingerprint density at radius 1 is 1.16 bits per heavy atom. The second kappa shape index (κ2) is 8.65. The summed E-state index contributed by atoms with van der Waals surface area (Å²) in [6, 6.07) is 8.82. The van der Waals surface area contributed by atoms with Crippen molar-refractivity contribution in [2.24, 2.45) is 0 Å². The van der Waals surface area contributed by atoms with Gasteiger partial charge in [0.15, 0.2) is 5.13 Å². The average molecular weight is 491 g/mol. The zero-order chi connectivity index (χ0) is 23.0. The Kier molecular flexibility index (Phi) is 5.92. The maximum Gasteiger partial charge on any atom is 0.282 e. The number of halogens is 2. The largest absolute Gasteiger partial charge is 0.302 e. The molecule has 0 aliphatic carbocycles. The van der Waals surface area contributed by atoms with Crippen molar-refractivity contribution in [2.45, 2.75) is 6.42 Å². The number of nitrogens with one attached hydrogen (secondary N) is 1. The van der Waals surface area contributed by atoms with E-state index in [2.05, 4.69) is 10.3 Å². The summed E-state index contributed by atoms with van der Waals surface area (Å²) < 4.78 is 0. The quantitative estimate of drug-likeness (QED) is 0.304. The molecule has 2 aromatic carbocycles. The van der Waals surface area contributed by atoms with Crippen LogP contribution in [0.1, 0.15) is 27.1 Å². The van der Waals surface area contributed by atoms with Crippen LogP contribution in [0, 0.1) is 10.1 Å². The minimum Gasteiger partial charge on any atom is -0.302 e. The van der Waals surface area contributed by atoms with E-state index in [1.807, 2.05) is 0 Å². The molecule has 0 unspecified atom stereocenters. The van der Waals surface area contributed by atoms with Gasteiger partial charge in [0.05, 0.1) is 21.2 Å². The lowest BCUT2D eigenvalue weighted by atomic mass is 10.1. The minimum absolute atomic E-state index is 0.0472. The molecule has 9 nitrogen and oxygen atoms in total. The SMILES string of the molecule is O=C(CCN1C(=O)c2cccc([N+](=O)[O-])c2C1=O)Nc1nc(-c2ccc(Cl)cc2Cl)cs1. The first-order valence-corrected chi connectivity index (χ1v) is 10.7. The molecule has 3 amide bonds. The highest BCUT2D eigenvalue weighted by atomic mass is 35.5. The number of nitro benzene ring substituents is 1. The number of aromatic nitrogens is 1. The van der Waals surface area contributed by atoms with E-state index < -0.39 is 28.3 Å². The molecule has 12 heteroatoms. The molecule has 0 spiro atoms. The summed E-state index contributed by atoms with van der Waals surface area (Å²) in [6.45, 7) is -0.226. The molecular formula is C20H12Cl2N4O5S. The number of fused-ring (bicyclic) bond motifs is 1. The van der Waals surface area contributed by atoms with Crippen LogP contribution in [0.25, 0.3) is 11.3 Å². The number of amides is 3. The third-order valence-electron chi connectivity index (χ3n) is 4.69. The molecule has 1 N–H and O–H groups in total. The van der Waals surface area contributed by atoms with Gasteiger partial charge in [-0.2, -0.15) is 0 Å². The van der Waals surface area contributed by atoms with Crippen molar-refractivity contribution in [3.63, 3.8) is 0 Å². The number of imide groups is 1. The molecule has 0 saturated heterocycles. The molecule has 0 saturated carbocycles. The van der Waals surface area contributed by atoms with Crippen molar-refractivity contribution < 1.29 is 19.3 Å². The second-order valence-corrected chi connectivity index (χ2v) is 8.38. The van der Waals surface area contributed by atoms with Crippen LogP contribution in [0.2, 0.25) is 10.0 Å². The van der Waals surface area contributed by atoms with Gasteiger partial charge in [0.2, 0.25) is 5.91 Å². The molecule has 1 aromatic heterocycles. The number of carbonyl (C=O) groups is 3. The molecule has 32 heavy (non-hydrogen) atoms. The number of nitro groups is 1. The molecule has 0 atom stereocenters. The predicted octanol–water partition coefficient (Wildman–Crippen LogP) is 4.65. The molecular weight excluding hydrogens is 479 g/mol. The predicted molar refractivity (Wildman–Crippen MR) is 119 cm³/mol. The summed E-state index contributed by atoms with van der Waals surface area (Å²) in [5.74, 6) is -1.94. The molecule has 4 rings (SSSR count). The highest BCUT2D eigenvalue weighted by Crippen LogP contribution is 2.33. The third kappa shape index (κ3) is 4.07. The maximum atomic E-state index is 12.6. The number of anilines is 1. The Morgan fingerprint density at radius 3 is 2.66 bits per heavy atom. The van der Waals surface area contributed by atoms with E-state index in [0.29, 0.717) is 26.4 Å². The molecule has 1 aliphatic rings. The van der Waals surface area contributed by atoms with E-state index in [9.17, 15) is 24.5 Å². The van der Waals surface area contributed by atoms with Crippen molar-refractivity contribution in [3.05, 3.63) is 73.1 Å². The number of thiazole rings is 1. The molecule has 3 aromatic rings. The van der Waals surface area contributed by atoms with Crippen LogP contribution in [-0.2, 0) is 4.79 Å². The standard InChI is InChI=1S/C20H12Cl2N4O5S/c21-10-4-5-11(13(22)8-10)14-9-32-20(23-14)24-16(27)6-7-25-18(28)12-2-1-3-15(26(30)31)17(12)19(25)29/h1-5,8-9H,6-7H2,(H,23,24,27). The van der Waals surface area contributed by atoms with Crippen LogP contribution in [0.4, 0.5) is 10.8 Å². The first-order valence-electron chi connectivity index (χ1n) is 9.10. The molecule has 1 aliphatic heterocycles. The van der Waals surface area contributed by atoms with Crippen LogP contribution < -0.4 is 5.32 Å². The van der Waals surface area contributed by atoms with Crippen LogP contribution in [-0.4, -0.2) is 39.1 Å². The Labute approximate surface area is 194 Å². The van der Waals surface area contributed by atoms with Gasteiger partial charge in [-0.15, -0.1) is 11.3 Å². The van der Waals surface area contributed by atoms with Gasteiger partial charge in [0, 0.05) is 35.0 Å².